The van der Waals surface area contributed by atoms with Crippen molar-refractivity contribution >= 4 is 11.8 Å². The molecule has 19 heavy (non-hydrogen) atoms. The fraction of sp³-hybridized carbons (Fsp3) is 0.857. The fourth-order valence-electron chi connectivity index (χ4n) is 3.20. The molecule has 5 nitrogen and oxygen atoms in total. The smallest absolute Gasteiger partial charge is 0.312 e. The predicted molar refractivity (Wildman–Crippen MR) is 73.6 cm³/mol. The zero-order valence-corrected chi connectivity index (χ0v) is 12.0. The molecule has 108 valence electrons. The Hall–Kier alpha value is -1.10. The van der Waals surface area contributed by atoms with E-state index in [2.05, 4.69) is 5.32 Å². The van der Waals surface area contributed by atoms with Crippen molar-refractivity contribution < 1.29 is 9.59 Å². The summed E-state index contributed by atoms with van der Waals surface area (Å²) < 4.78 is 0. The van der Waals surface area contributed by atoms with Crippen LogP contribution in [0.3, 0.4) is 0 Å². The van der Waals surface area contributed by atoms with Crippen molar-refractivity contribution in [3.63, 3.8) is 0 Å². The zero-order valence-electron chi connectivity index (χ0n) is 12.0. The highest BCUT2D eigenvalue weighted by Gasteiger charge is 2.33. The maximum atomic E-state index is 12.0. The lowest BCUT2D eigenvalue weighted by atomic mass is 9.83. The first-order chi connectivity index (χ1) is 9.13. The quantitative estimate of drug-likeness (QED) is 0.753. The summed E-state index contributed by atoms with van der Waals surface area (Å²) in [5.74, 6) is -0.0733. The van der Waals surface area contributed by atoms with Crippen LogP contribution in [0.1, 0.15) is 32.1 Å². The van der Waals surface area contributed by atoms with Gasteiger partial charge in [-0.3, -0.25) is 9.59 Å². The number of rotatable bonds is 4. The van der Waals surface area contributed by atoms with E-state index in [1.807, 2.05) is 7.05 Å². The van der Waals surface area contributed by atoms with Gasteiger partial charge in [-0.25, -0.2) is 0 Å². The molecule has 1 unspecified atom stereocenters. The number of likely N-dealkylation sites (N-methyl/N-ethyl adjacent to an activating group) is 2. The van der Waals surface area contributed by atoms with Crippen LogP contribution < -0.4 is 5.32 Å². The predicted octanol–water partition coefficient (Wildman–Crippen LogP) is 0.455. The van der Waals surface area contributed by atoms with Crippen molar-refractivity contribution in [1.82, 2.24) is 15.1 Å². The van der Waals surface area contributed by atoms with Gasteiger partial charge in [-0.1, -0.05) is 19.3 Å². The van der Waals surface area contributed by atoms with Crippen molar-refractivity contribution in [2.75, 3.05) is 33.7 Å². The second-order valence-corrected chi connectivity index (χ2v) is 5.77. The number of nitrogens with zero attached hydrogens (tertiary/aromatic N) is 2. The van der Waals surface area contributed by atoms with E-state index in [0.29, 0.717) is 31.6 Å². The normalized spacial score (nSPS) is 23.9. The molecule has 1 aliphatic heterocycles. The molecule has 5 heteroatoms. The van der Waals surface area contributed by atoms with Crippen LogP contribution in [-0.4, -0.2) is 61.4 Å². The Morgan fingerprint density at radius 1 is 1.16 bits per heavy atom. The highest BCUT2D eigenvalue weighted by Crippen LogP contribution is 2.27. The van der Waals surface area contributed by atoms with Gasteiger partial charge in [0.25, 0.3) is 0 Å². The molecule has 0 bridgehead atoms. The van der Waals surface area contributed by atoms with Crippen LogP contribution in [0.2, 0.25) is 0 Å². The van der Waals surface area contributed by atoms with Gasteiger partial charge in [-0.05, 0) is 25.8 Å². The molecule has 1 heterocycles. The Bertz CT molecular complexity index is 340. The van der Waals surface area contributed by atoms with Crippen molar-refractivity contribution in [3.8, 4) is 0 Å². The molecule has 0 aromatic rings. The highest BCUT2D eigenvalue weighted by molar-refractivity contribution is 6.35. The molecular weight excluding hydrogens is 242 g/mol. The molecule has 1 saturated heterocycles. The van der Waals surface area contributed by atoms with Gasteiger partial charge in [0.2, 0.25) is 0 Å². The minimum absolute atomic E-state index is 0.320. The lowest BCUT2D eigenvalue weighted by Crippen LogP contribution is -2.56. The van der Waals surface area contributed by atoms with Gasteiger partial charge in [-0.2, -0.15) is 0 Å². The van der Waals surface area contributed by atoms with E-state index < -0.39 is 0 Å². The molecule has 0 aromatic heterocycles. The molecule has 0 spiro atoms. The summed E-state index contributed by atoms with van der Waals surface area (Å²) in [6.07, 6.45) is 6.39. The first-order valence-corrected chi connectivity index (χ1v) is 7.35. The summed E-state index contributed by atoms with van der Waals surface area (Å²) in [5.41, 5.74) is 0. The van der Waals surface area contributed by atoms with Crippen molar-refractivity contribution in [2.24, 2.45) is 5.92 Å². The molecular formula is C14H25N3O2. The summed E-state index contributed by atoms with van der Waals surface area (Å²) >= 11 is 0. The number of carbonyl (C=O) groups excluding carboxylic acids is 2. The van der Waals surface area contributed by atoms with Gasteiger partial charge in [0, 0.05) is 32.7 Å². The van der Waals surface area contributed by atoms with Crippen LogP contribution in [0.5, 0.6) is 0 Å². The molecule has 2 fully saturated rings. The minimum atomic E-state index is -0.371. The monoisotopic (exact) mass is 267 g/mol. The SMILES string of the molecule is CNC(CN1CCN(C)C(=O)C1=O)C1CCCCC1. The van der Waals surface area contributed by atoms with Gasteiger partial charge in [-0.15, -0.1) is 0 Å². The number of hydrogen-bond donors (Lipinski definition) is 1. The van der Waals surface area contributed by atoms with Gasteiger partial charge in [0.15, 0.2) is 0 Å². The lowest BCUT2D eigenvalue weighted by molar-refractivity contribution is -0.155. The van der Waals surface area contributed by atoms with Gasteiger partial charge in [0.1, 0.15) is 0 Å². The standard InChI is InChI=1S/C14H25N3O2/c1-15-12(11-6-4-3-5-7-11)10-17-9-8-16(2)13(18)14(17)19/h11-12,15H,3-10H2,1-2H3. The summed E-state index contributed by atoms with van der Waals surface area (Å²) in [5, 5.41) is 3.35. The van der Waals surface area contributed by atoms with E-state index >= 15 is 0 Å². The van der Waals surface area contributed by atoms with Crippen LogP contribution in [0.4, 0.5) is 0 Å². The second-order valence-electron chi connectivity index (χ2n) is 5.77. The Kier molecular flexibility index (Phi) is 4.80. The summed E-state index contributed by atoms with van der Waals surface area (Å²) in [6, 6.07) is 0.320. The highest BCUT2D eigenvalue weighted by atomic mass is 16.2. The van der Waals surface area contributed by atoms with Crippen LogP contribution in [0.25, 0.3) is 0 Å². The Balaban J connectivity index is 1.94. The fourth-order valence-corrected chi connectivity index (χ4v) is 3.20. The van der Waals surface area contributed by atoms with E-state index in [-0.39, 0.29) is 11.8 Å². The lowest BCUT2D eigenvalue weighted by Gasteiger charge is -2.37. The molecule has 2 aliphatic rings. The third-order valence-corrected chi connectivity index (χ3v) is 4.53. The maximum absolute atomic E-state index is 12.0. The minimum Gasteiger partial charge on any atom is -0.336 e. The first kappa shape index (κ1) is 14.3. The summed E-state index contributed by atoms with van der Waals surface area (Å²) in [4.78, 5) is 26.9. The Morgan fingerprint density at radius 2 is 1.84 bits per heavy atom. The number of piperazine rings is 1. The van der Waals surface area contributed by atoms with Crippen LogP contribution >= 0.6 is 0 Å². The molecule has 0 radical (unpaired) electrons. The molecule has 2 rings (SSSR count). The number of amides is 2. The summed E-state index contributed by atoms with van der Waals surface area (Å²) in [7, 11) is 3.65. The van der Waals surface area contributed by atoms with Gasteiger partial charge >= 0.3 is 11.8 Å². The number of hydrogen-bond acceptors (Lipinski definition) is 3. The van der Waals surface area contributed by atoms with Crippen molar-refractivity contribution in [2.45, 2.75) is 38.1 Å². The van der Waals surface area contributed by atoms with Crippen molar-refractivity contribution in [3.05, 3.63) is 0 Å². The molecule has 1 saturated carbocycles. The van der Waals surface area contributed by atoms with Crippen LogP contribution in [0, 0.1) is 5.92 Å². The van der Waals surface area contributed by atoms with Crippen LogP contribution in [-0.2, 0) is 9.59 Å². The van der Waals surface area contributed by atoms with Crippen LogP contribution in [0.15, 0.2) is 0 Å². The third-order valence-electron chi connectivity index (χ3n) is 4.53. The van der Waals surface area contributed by atoms with Gasteiger partial charge in [0.05, 0.1) is 0 Å². The van der Waals surface area contributed by atoms with E-state index in [1.54, 1.807) is 11.9 Å². The second kappa shape index (κ2) is 6.37. The van der Waals surface area contributed by atoms with E-state index in [4.69, 9.17) is 0 Å². The Morgan fingerprint density at radius 3 is 2.47 bits per heavy atom. The number of carbonyl (C=O) groups is 2. The Labute approximate surface area is 115 Å². The van der Waals surface area contributed by atoms with Gasteiger partial charge < -0.3 is 15.1 Å². The largest absolute Gasteiger partial charge is 0.336 e. The third kappa shape index (κ3) is 3.26. The average molecular weight is 267 g/mol. The molecule has 0 aromatic carbocycles. The zero-order chi connectivity index (χ0) is 13.8. The number of nitrogens with one attached hydrogen (secondary N) is 1. The van der Waals surface area contributed by atoms with E-state index in [9.17, 15) is 9.59 Å². The molecule has 2 amide bonds. The molecule has 1 N–H and O–H groups in total. The average Bonchev–Trinajstić information content (AvgIpc) is 2.45. The summed E-state index contributed by atoms with van der Waals surface area (Å²) in [6.45, 7) is 1.97. The first-order valence-electron chi connectivity index (χ1n) is 7.35. The molecule has 1 atom stereocenters. The van der Waals surface area contributed by atoms with E-state index in [1.165, 1.54) is 37.0 Å². The van der Waals surface area contributed by atoms with E-state index in [0.717, 1.165) is 0 Å². The maximum Gasteiger partial charge on any atom is 0.312 e. The molecule has 1 aliphatic carbocycles. The topological polar surface area (TPSA) is 52.6 Å². The van der Waals surface area contributed by atoms with Crippen molar-refractivity contribution in [1.29, 1.82) is 0 Å².